The van der Waals surface area contributed by atoms with Crippen LogP contribution >= 0.6 is 11.6 Å². The number of nitrogens with zero attached hydrogens (tertiary/aromatic N) is 2. The van der Waals surface area contributed by atoms with Crippen LogP contribution in [0.5, 0.6) is 5.75 Å². The minimum atomic E-state index is -3.61. The Hall–Kier alpha value is -3.56. The highest BCUT2D eigenvalue weighted by atomic mass is 35.5. The second-order valence-corrected chi connectivity index (χ2v) is 12.7. The SMILES string of the molecule is CCCCNC(=O)[C@H](Cc1ccccc1)N(Cc1ccc(Cl)cc1)C(=O)CCCN(c1ccc(OCC)cc1)S(C)(=O)=O. The number of sulfonamides is 1. The van der Waals surface area contributed by atoms with Crippen molar-refractivity contribution in [3.8, 4) is 5.75 Å². The van der Waals surface area contributed by atoms with Crippen LogP contribution < -0.4 is 14.4 Å². The molecule has 3 aromatic carbocycles. The van der Waals surface area contributed by atoms with Crippen LogP contribution in [0.15, 0.2) is 78.9 Å². The molecule has 0 saturated carbocycles. The van der Waals surface area contributed by atoms with E-state index < -0.39 is 16.1 Å². The molecule has 0 fully saturated rings. The van der Waals surface area contributed by atoms with Gasteiger partial charge < -0.3 is 15.0 Å². The lowest BCUT2D eigenvalue weighted by Gasteiger charge is -2.32. The lowest BCUT2D eigenvalue weighted by molar-refractivity contribution is -0.141. The van der Waals surface area contributed by atoms with E-state index in [4.69, 9.17) is 16.3 Å². The predicted octanol–water partition coefficient (Wildman–Crippen LogP) is 5.84. The minimum Gasteiger partial charge on any atom is -0.494 e. The first kappa shape index (κ1) is 33.9. The van der Waals surface area contributed by atoms with Crippen molar-refractivity contribution in [1.29, 1.82) is 0 Å². The maximum Gasteiger partial charge on any atom is 0.243 e. The first-order valence-electron chi connectivity index (χ1n) is 14.7. The van der Waals surface area contributed by atoms with Gasteiger partial charge in [-0.15, -0.1) is 0 Å². The molecule has 0 aliphatic heterocycles. The number of halogens is 1. The van der Waals surface area contributed by atoms with Gasteiger partial charge in [-0.25, -0.2) is 8.42 Å². The van der Waals surface area contributed by atoms with Gasteiger partial charge in [-0.05, 0) is 67.3 Å². The number of rotatable bonds is 17. The predicted molar refractivity (Wildman–Crippen MR) is 173 cm³/mol. The third kappa shape index (κ3) is 10.9. The average molecular weight is 628 g/mol. The second-order valence-electron chi connectivity index (χ2n) is 10.4. The molecule has 3 rings (SSSR count). The van der Waals surface area contributed by atoms with Gasteiger partial charge in [0.15, 0.2) is 0 Å². The van der Waals surface area contributed by atoms with E-state index in [1.165, 1.54) is 4.31 Å². The van der Waals surface area contributed by atoms with Crippen molar-refractivity contribution in [3.63, 3.8) is 0 Å². The van der Waals surface area contributed by atoms with Gasteiger partial charge in [0.1, 0.15) is 11.8 Å². The molecule has 3 aromatic rings. The standard InChI is InChI=1S/C33H42ClN3O5S/c1-4-6-22-35-33(39)31(24-26-11-8-7-9-12-26)36(25-27-14-16-28(34)17-15-27)32(38)13-10-23-37(43(3,40)41)29-18-20-30(21-19-29)42-5-2/h7-9,11-12,14-21,31H,4-6,10,13,22-25H2,1-3H3,(H,35,39)/t31-/m0/s1. The monoisotopic (exact) mass is 627 g/mol. The number of hydrogen-bond donors (Lipinski definition) is 1. The summed E-state index contributed by atoms with van der Waals surface area (Å²) < 4.78 is 32.1. The molecule has 0 unspecified atom stereocenters. The van der Waals surface area contributed by atoms with Crippen LogP contribution in [0.2, 0.25) is 5.02 Å². The smallest absolute Gasteiger partial charge is 0.243 e. The Bertz CT molecular complexity index is 1400. The second kappa shape index (κ2) is 16.9. The van der Waals surface area contributed by atoms with Crippen LogP contribution in [0, 0.1) is 0 Å². The molecular formula is C33H42ClN3O5S. The maximum absolute atomic E-state index is 13.9. The van der Waals surface area contributed by atoms with Crippen LogP contribution in [0.25, 0.3) is 0 Å². The number of carbonyl (C=O) groups excluding carboxylic acids is 2. The molecule has 232 valence electrons. The van der Waals surface area contributed by atoms with Gasteiger partial charge in [0.05, 0.1) is 18.6 Å². The third-order valence-electron chi connectivity index (χ3n) is 6.95. The zero-order valence-corrected chi connectivity index (χ0v) is 26.7. The van der Waals surface area contributed by atoms with Gasteiger partial charge in [-0.1, -0.05) is 67.4 Å². The zero-order valence-electron chi connectivity index (χ0n) is 25.2. The van der Waals surface area contributed by atoms with Crippen molar-refractivity contribution >= 4 is 39.1 Å². The number of hydrogen-bond acceptors (Lipinski definition) is 5. The quantitative estimate of drug-likeness (QED) is 0.190. The van der Waals surface area contributed by atoms with E-state index in [2.05, 4.69) is 12.2 Å². The Labute approximate surface area is 261 Å². The molecule has 0 aliphatic carbocycles. The largest absolute Gasteiger partial charge is 0.494 e. The summed E-state index contributed by atoms with van der Waals surface area (Å²) in [5.74, 6) is 0.197. The van der Waals surface area contributed by atoms with Gasteiger partial charge >= 0.3 is 0 Å². The van der Waals surface area contributed by atoms with E-state index in [1.807, 2.05) is 49.4 Å². The summed E-state index contributed by atoms with van der Waals surface area (Å²) in [7, 11) is -3.61. The van der Waals surface area contributed by atoms with Crippen LogP contribution in [-0.2, 0) is 32.6 Å². The number of carbonyl (C=O) groups is 2. The molecule has 1 N–H and O–H groups in total. The van der Waals surface area contributed by atoms with E-state index >= 15 is 0 Å². The number of amides is 2. The molecule has 0 spiro atoms. The van der Waals surface area contributed by atoms with Gasteiger partial charge in [0.2, 0.25) is 21.8 Å². The highest BCUT2D eigenvalue weighted by molar-refractivity contribution is 7.92. The highest BCUT2D eigenvalue weighted by Gasteiger charge is 2.30. The topological polar surface area (TPSA) is 96.0 Å². The lowest BCUT2D eigenvalue weighted by Crippen LogP contribution is -2.50. The van der Waals surface area contributed by atoms with Crippen LogP contribution in [0.4, 0.5) is 5.69 Å². The van der Waals surface area contributed by atoms with E-state index in [1.54, 1.807) is 41.3 Å². The Morgan fingerprint density at radius 2 is 1.58 bits per heavy atom. The summed E-state index contributed by atoms with van der Waals surface area (Å²) >= 11 is 6.11. The molecule has 0 heterocycles. The average Bonchev–Trinajstić information content (AvgIpc) is 2.98. The van der Waals surface area contributed by atoms with Crippen molar-refractivity contribution in [2.45, 2.75) is 58.5 Å². The van der Waals surface area contributed by atoms with Gasteiger partial charge in [0.25, 0.3) is 0 Å². The highest BCUT2D eigenvalue weighted by Crippen LogP contribution is 2.23. The fourth-order valence-corrected chi connectivity index (χ4v) is 5.82. The number of unbranched alkanes of at least 4 members (excludes halogenated alkanes) is 1. The lowest BCUT2D eigenvalue weighted by atomic mass is 10.0. The van der Waals surface area contributed by atoms with Gasteiger partial charge in [0, 0.05) is 37.5 Å². The van der Waals surface area contributed by atoms with Crippen LogP contribution in [0.3, 0.4) is 0 Å². The minimum absolute atomic E-state index is 0.0597. The molecule has 0 radical (unpaired) electrons. The molecule has 0 aliphatic rings. The van der Waals surface area contributed by atoms with Gasteiger partial charge in [-0.2, -0.15) is 0 Å². The fraction of sp³-hybridized carbons (Fsp3) is 0.394. The molecule has 10 heteroatoms. The molecule has 0 aromatic heterocycles. The third-order valence-corrected chi connectivity index (χ3v) is 8.40. The molecule has 0 saturated heterocycles. The summed E-state index contributed by atoms with van der Waals surface area (Å²) in [6, 6.07) is 22.9. The van der Waals surface area contributed by atoms with Crippen molar-refractivity contribution in [2.24, 2.45) is 0 Å². The number of nitrogens with one attached hydrogen (secondary N) is 1. The molecule has 2 amide bonds. The van der Waals surface area contributed by atoms with Crippen LogP contribution in [0.1, 0.15) is 50.7 Å². The fourth-order valence-electron chi connectivity index (χ4n) is 4.73. The summed E-state index contributed by atoms with van der Waals surface area (Å²) in [6.45, 7) is 5.28. The van der Waals surface area contributed by atoms with Crippen molar-refractivity contribution < 1.29 is 22.7 Å². The first-order chi connectivity index (χ1) is 20.6. The number of ether oxygens (including phenoxy) is 1. The summed E-state index contributed by atoms with van der Waals surface area (Å²) in [4.78, 5) is 29.1. The van der Waals surface area contributed by atoms with Crippen LogP contribution in [-0.4, -0.2) is 57.1 Å². The summed E-state index contributed by atoms with van der Waals surface area (Å²) in [6.07, 6.45) is 3.59. The summed E-state index contributed by atoms with van der Waals surface area (Å²) in [5.41, 5.74) is 2.27. The van der Waals surface area contributed by atoms with Gasteiger partial charge in [-0.3, -0.25) is 13.9 Å². The van der Waals surface area contributed by atoms with E-state index in [9.17, 15) is 18.0 Å². The number of anilines is 1. The Balaban J connectivity index is 1.84. The first-order valence-corrected chi connectivity index (χ1v) is 16.9. The molecule has 0 bridgehead atoms. The van der Waals surface area contributed by atoms with Crippen molar-refractivity contribution in [1.82, 2.24) is 10.2 Å². The molecule has 1 atom stereocenters. The Kier molecular flexibility index (Phi) is 13.3. The van der Waals surface area contributed by atoms with Crippen molar-refractivity contribution in [2.75, 3.05) is 30.3 Å². The van der Waals surface area contributed by atoms with Crippen molar-refractivity contribution in [3.05, 3.63) is 95.0 Å². The molecule has 43 heavy (non-hydrogen) atoms. The Morgan fingerprint density at radius 3 is 2.19 bits per heavy atom. The summed E-state index contributed by atoms with van der Waals surface area (Å²) in [5, 5.41) is 3.59. The van der Waals surface area contributed by atoms with E-state index in [0.717, 1.165) is 30.2 Å². The van der Waals surface area contributed by atoms with E-state index in [-0.39, 0.29) is 37.7 Å². The number of benzene rings is 3. The van der Waals surface area contributed by atoms with E-state index in [0.29, 0.717) is 36.0 Å². The maximum atomic E-state index is 13.9. The Morgan fingerprint density at radius 1 is 0.907 bits per heavy atom. The molecular weight excluding hydrogens is 586 g/mol. The normalized spacial score (nSPS) is 11.9. The molecule has 8 nitrogen and oxygen atoms in total. The zero-order chi connectivity index (χ0) is 31.2.